The van der Waals surface area contributed by atoms with Crippen LogP contribution < -0.4 is 4.90 Å². The quantitative estimate of drug-likeness (QED) is 0.284. The van der Waals surface area contributed by atoms with Crippen LogP contribution in [0, 0.1) is 5.92 Å². The van der Waals surface area contributed by atoms with E-state index in [4.69, 9.17) is 14.2 Å². The molecule has 0 saturated carbocycles. The molecule has 0 radical (unpaired) electrons. The number of morpholine rings is 1. The van der Waals surface area contributed by atoms with Gasteiger partial charge in [-0.2, -0.15) is 0 Å². The van der Waals surface area contributed by atoms with Crippen molar-refractivity contribution >= 4 is 24.0 Å². The maximum atomic E-state index is 12.7. The molecule has 1 N–H and O–H groups in total. The lowest BCUT2D eigenvalue weighted by Crippen LogP contribution is -2.43. The van der Waals surface area contributed by atoms with Crippen LogP contribution in [0.15, 0.2) is 48.5 Å². The summed E-state index contributed by atoms with van der Waals surface area (Å²) in [6, 6.07) is 14.8. The minimum atomic E-state index is -1.25. The molecule has 1 saturated heterocycles. The van der Waals surface area contributed by atoms with Crippen molar-refractivity contribution in [2.75, 3.05) is 38.3 Å². The van der Waals surface area contributed by atoms with Gasteiger partial charge in [0.15, 0.2) is 6.10 Å². The summed E-state index contributed by atoms with van der Waals surface area (Å²) in [6.07, 6.45) is 0.198. The van der Waals surface area contributed by atoms with E-state index < -0.39 is 29.8 Å². The van der Waals surface area contributed by atoms with Crippen LogP contribution in [-0.2, 0) is 43.2 Å². The lowest BCUT2D eigenvalue weighted by atomic mass is 9.97. The fourth-order valence-corrected chi connectivity index (χ4v) is 4.73. The number of esters is 1. The number of carbonyl (C=O) groups is 3. The van der Waals surface area contributed by atoms with Gasteiger partial charge < -0.3 is 33.9 Å². The Labute approximate surface area is 243 Å². The lowest BCUT2D eigenvalue weighted by Gasteiger charge is -2.31. The Kier molecular flexibility index (Phi) is 11.7. The standard InChI is InChI=1S/C32H44N2O7/c1-23(2)18-28(21-35)33(5)31(38)41-32(3,4)20-25-6-8-26(9-7-25)22-40-30(37)29(36)19-24-10-12-27(13-11-24)34-14-16-39-17-15-34/h6-13,21,23,28-29,36H,14-20,22H2,1-5H3. The third-order valence-corrected chi connectivity index (χ3v) is 7.07. The van der Waals surface area contributed by atoms with Gasteiger partial charge in [-0.05, 0) is 55.0 Å². The molecular weight excluding hydrogens is 524 g/mol. The van der Waals surface area contributed by atoms with Crippen molar-refractivity contribution < 1.29 is 33.7 Å². The molecule has 3 rings (SSSR count). The fraction of sp³-hybridized carbons (Fsp3) is 0.531. The maximum absolute atomic E-state index is 12.7. The molecule has 2 aromatic rings. The van der Waals surface area contributed by atoms with Crippen molar-refractivity contribution in [2.45, 2.75) is 71.3 Å². The van der Waals surface area contributed by atoms with Crippen LogP contribution >= 0.6 is 0 Å². The van der Waals surface area contributed by atoms with E-state index in [0.29, 0.717) is 26.1 Å². The van der Waals surface area contributed by atoms with Crippen LogP contribution in [0.3, 0.4) is 0 Å². The van der Waals surface area contributed by atoms with Gasteiger partial charge in [0.2, 0.25) is 0 Å². The minimum Gasteiger partial charge on any atom is -0.459 e. The highest BCUT2D eigenvalue weighted by Gasteiger charge is 2.29. The van der Waals surface area contributed by atoms with Crippen LogP contribution in [0.1, 0.15) is 50.8 Å². The van der Waals surface area contributed by atoms with Crippen LogP contribution in [0.25, 0.3) is 0 Å². The Bertz CT molecular complexity index is 1130. The predicted molar refractivity (Wildman–Crippen MR) is 157 cm³/mol. The van der Waals surface area contributed by atoms with E-state index in [-0.39, 0.29) is 18.9 Å². The third kappa shape index (κ3) is 10.2. The van der Waals surface area contributed by atoms with Gasteiger partial charge in [-0.15, -0.1) is 0 Å². The van der Waals surface area contributed by atoms with Gasteiger partial charge in [0, 0.05) is 38.7 Å². The number of hydrogen-bond donors (Lipinski definition) is 1. The largest absolute Gasteiger partial charge is 0.459 e. The van der Waals surface area contributed by atoms with Crippen molar-refractivity contribution in [3.63, 3.8) is 0 Å². The number of aldehydes is 1. The highest BCUT2D eigenvalue weighted by Crippen LogP contribution is 2.21. The zero-order valence-corrected chi connectivity index (χ0v) is 24.9. The zero-order chi connectivity index (χ0) is 30.0. The molecule has 41 heavy (non-hydrogen) atoms. The number of likely N-dealkylation sites (N-methyl/N-ethyl adjacent to an activating group) is 1. The number of ether oxygens (including phenoxy) is 3. The molecule has 224 valence electrons. The molecule has 1 heterocycles. The van der Waals surface area contributed by atoms with Gasteiger partial charge in [0.05, 0.1) is 19.3 Å². The number of anilines is 1. The number of hydrogen-bond acceptors (Lipinski definition) is 8. The molecule has 1 amide bonds. The smallest absolute Gasteiger partial charge is 0.410 e. The first-order valence-corrected chi connectivity index (χ1v) is 14.2. The summed E-state index contributed by atoms with van der Waals surface area (Å²) in [7, 11) is 1.58. The van der Waals surface area contributed by atoms with Crippen molar-refractivity contribution in [1.82, 2.24) is 4.90 Å². The summed E-state index contributed by atoms with van der Waals surface area (Å²) in [5.74, 6) is -0.401. The minimum absolute atomic E-state index is 0.0399. The fourth-order valence-electron chi connectivity index (χ4n) is 4.73. The number of benzene rings is 2. The Balaban J connectivity index is 1.45. The van der Waals surface area contributed by atoms with E-state index in [9.17, 15) is 19.5 Å². The number of aliphatic hydroxyl groups is 1. The molecule has 1 aliphatic heterocycles. The summed E-state index contributed by atoms with van der Waals surface area (Å²) < 4.78 is 16.4. The first kappa shape index (κ1) is 32.1. The molecule has 2 atom stereocenters. The van der Waals surface area contributed by atoms with Crippen LogP contribution in [-0.4, -0.2) is 79.5 Å². The number of nitrogens with zero attached hydrogens (tertiary/aromatic N) is 2. The third-order valence-electron chi connectivity index (χ3n) is 7.07. The summed E-state index contributed by atoms with van der Waals surface area (Å²) in [5, 5.41) is 10.4. The Morgan fingerprint density at radius 2 is 1.61 bits per heavy atom. The Hall–Kier alpha value is -3.43. The number of rotatable bonds is 13. The molecule has 2 aromatic carbocycles. The predicted octanol–water partition coefficient (Wildman–Crippen LogP) is 4.17. The molecular formula is C32H44N2O7. The second-order valence-electron chi connectivity index (χ2n) is 11.7. The Morgan fingerprint density at radius 1 is 1.02 bits per heavy atom. The molecule has 9 heteroatoms. The number of carbonyl (C=O) groups excluding carboxylic acids is 3. The van der Waals surface area contributed by atoms with Crippen molar-refractivity contribution in [1.29, 1.82) is 0 Å². The monoisotopic (exact) mass is 568 g/mol. The van der Waals surface area contributed by atoms with Crippen molar-refractivity contribution in [2.24, 2.45) is 5.92 Å². The van der Waals surface area contributed by atoms with Gasteiger partial charge >= 0.3 is 12.1 Å². The SMILES string of the molecule is CC(C)CC(C=O)N(C)C(=O)OC(C)(C)Cc1ccc(COC(=O)C(O)Cc2ccc(N3CCOCC3)cc2)cc1. The van der Waals surface area contributed by atoms with Gasteiger partial charge in [0.1, 0.15) is 18.5 Å². The summed E-state index contributed by atoms with van der Waals surface area (Å²) in [5.41, 5.74) is 2.87. The molecule has 2 unspecified atom stereocenters. The van der Waals surface area contributed by atoms with Gasteiger partial charge in [0.25, 0.3) is 0 Å². The highest BCUT2D eigenvalue weighted by molar-refractivity contribution is 5.75. The average molecular weight is 569 g/mol. The van der Waals surface area contributed by atoms with E-state index in [1.807, 2.05) is 76.2 Å². The van der Waals surface area contributed by atoms with E-state index in [1.54, 1.807) is 7.05 Å². The number of amides is 1. The van der Waals surface area contributed by atoms with E-state index in [1.165, 1.54) is 4.90 Å². The molecule has 1 aliphatic rings. The highest BCUT2D eigenvalue weighted by atomic mass is 16.6. The summed E-state index contributed by atoms with van der Waals surface area (Å²) in [6.45, 7) is 10.8. The topological polar surface area (TPSA) is 106 Å². The maximum Gasteiger partial charge on any atom is 0.410 e. The molecule has 0 spiro atoms. The first-order chi connectivity index (χ1) is 19.5. The van der Waals surface area contributed by atoms with Crippen LogP contribution in [0.2, 0.25) is 0 Å². The zero-order valence-electron chi connectivity index (χ0n) is 24.9. The van der Waals surface area contributed by atoms with Gasteiger partial charge in [-0.25, -0.2) is 9.59 Å². The van der Waals surface area contributed by atoms with Crippen LogP contribution in [0.4, 0.5) is 10.5 Å². The lowest BCUT2D eigenvalue weighted by molar-refractivity contribution is -0.154. The molecule has 0 bridgehead atoms. The molecule has 1 fully saturated rings. The van der Waals surface area contributed by atoms with E-state index in [2.05, 4.69) is 4.90 Å². The first-order valence-electron chi connectivity index (χ1n) is 14.2. The number of aliphatic hydroxyl groups excluding tert-OH is 1. The van der Waals surface area contributed by atoms with Crippen molar-refractivity contribution in [3.05, 3.63) is 65.2 Å². The van der Waals surface area contributed by atoms with Crippen LogP contribution in [0.5, 0.6) is 0 Å². The normalized spacial score (nSPS) is 15.2. The van der Waals surface area contributed by atoms with Crippen molar-refractivity contribution in [3.8, 4) is 0 Å². The molecule has 9 nitrogen and oxygen atoms in total. The average Bonchev–Trinajstić information content (AvgIpc) is 2.95. The second kappa shape index (κ2) is 15.0. The molecule has 0 aromatic heterocycles. The summed E-state index contributed by atoms with van der Waals surface area (Å²) in [4.78, 5) is 40.1. The Morgan fingerprint density at radius 3 is 2.20 bits per heavy atom. The van der Waals surface area contributed by atoms with Gasteiger partial charge in [-0.1, -0.05) is 50.2 Å². The summed E-state index contributed by atoms with van der Waals surface area (Å²) >= 11 is 0. The van der Waals surface area contributed by atoms with E-state index in [0.717, 1.165) is 41.8 Å². The second-order valence-corrected chi connectivity index (χ2v) is 11.7. The molecule has 0 aliphatic carbocycles. The van der Waals surface area contributed by atoms with Gasteiger partial charge in [-0.3, -0.25) is 0 Å². The van der Waals surface area contributed by atoms with E-state index >= 15 is 0 Å².